The van der Waals surface area contributed by atoms with E-state index in [1.165, 1.54) is 26.4 Å². The minimum absolute atomic E-state index is 0.0184. The van der Waals surface area contributed by atoms with Crippen LogP contribution in [-0.2, 0) is 14.3 Å². The lowest BCUT2D eigenvalue weighted by molar-refractivity contribution is -0.146. The van der Waals surface area contributed by atoms with Gasteiger partial charge in [-0.25, -0.2) is 0 Å². The molecule has 0 aromatic heterocycles. The molecule has 158 valence electrons. The molecule has 1 atom stereocenters. The lowest BCUT2D eigenvalue weighted by Crippen LogP contribution is -2.41. The summed E-state index contributed by atoms with van der Waals surface area (Å²) in [6.45, 7) is 2.11. The lowest BCUT2D eigenvalue weighted by atomic mass is 9.83. The highest BCUT2D eigenvalue weighted by Gasteiger charge is 2.29. The highest BCUT2D eigenvalue weighted by atomic mass is 16.5. The average Bonchev–Trinajstić information content (AvgIpc) is 2.81. The second-order valence-electron chi connectivity index (χ2n) is 7.97. The first-order valence-electron chi connectivity index (χ1n) is 10.8. The third-order valence-corrected chi connectivity index (χ3v) is 6.02. The summed E-state index contributed by atoms with van der Waals surface area (Å²) in [7, 11) is 1.32. The highest BCUT2D eigenvalue weighted by molar-refractivity contribution is 5.95. The summed E-state index contributed by atoms with van der Waals surface area (Å²) in [6, 6.07) is 20.2. The largest absolute Gasteiger partial charge is 0.469 e. The van der Waals surface area contributed by atoms with Gasteiger partial charge >= 0.3 is 5.97 Å². The monoisotopic (exact) mass is 405 g/mol. The predicted octanol–water partition coefficient (Wildman–Crippen LogP) is 5.44. The van der Waals surface area contributed by atoms with Gasteiger partial charge in [-0.3, -0.25) is 9.59 Å². The van der Waals surface area contributed by atoms with E-state index in [1.807, 2.05) is 66.9 Å². The molecule has 0 N–H and O–H groups in total. The van der Waals surface area contributed by atoms with Crippen molar-refractivity contribution < 1.29 is 14.3 Å². The van der Waals surface area contributed by atoms with Crippen molar-refractivity contribution in [2.45, 2.75) is 51.5 Å². The molecular weight excluding hydrogens is 374 g/mol. The summed E-state index contributed by atoms with van der Waals surface area (Å²) >= 11 is 0. The van der Waals surface area contributed by atoms with E-state index in [0.717, 1.165) is 29.5 Å². The standard InChI is InChI=1S/C26H31NO3/c1-20(21-12-6-3-7-13-21)27(25(28)18-26(29)30-2)19-24(22-14-8-4-9-15-22)23-16-10-5-11-17-23/h4-5,8-11,14-17,19-21H,3,6-7,12-13,18H2,1-2H3/t20-/m0/s1. The molecule has 0 saturated heterocycles. The Morgan fingerprint density at radius 1 is 0.967 bits per heavy atom. The fraction of sp³-hybridized carbons (Fsp3) is 0.385. The molecule has 2 aromatic rings. The zero-order valence-corrected chi connectivity index (χ0v) is 17.9. The number of carbonyl (C=O) groups excluding carboxylic acids is 2. The van der Waals surface area contributed by atoms with Gasteiger partial charge in [0.2, 0.25) is 5.91 Å². The number of nitrogens with zero attached hydrogens (tertiary/aromatic N) is 1. The summed E-state index contributed by atoms with van der Waals surface area (Å²) < 4.78 is 4.76. The fourth-order valence-corrected chi connectivity index (χ4v) is 4.24. The van der Waals surface area contributed by atoms with Crippen molar-refractivity contribution in [3.63, 3.8) is 0 Å². The Hall–Kier alpha value is -2.88. The number of benzene rings is 2. The van der Waals surface area contributed by atoms with Crippen LogP contribution in [-0.4, -0.2) is 29.9 Å². The molecule has 0 radical (unpaired) electrons. The van der Waals surface area contributed by atoms with Gasteiger partial charge in [-0.1, -0.05) is 79.9 Å². The van der Waals surface area contributed by atoms with E-state index >= 15 is 0 Å². The summed E-state index contributed by atoms with van der Waals surface area (Å²) in [5.41, 5.74) is 3.04. The first kappa shape index (κ1) is 21.8. The minimum Gasteiger partial charge on any atom is -0.469 e. The zero-order valence-electron chi connectivity index (χ0n) is 17.9. The second-order valence-corrected chi connectivity index (χ2v) is 7.97. The van der Waals surface area contributed by atoms with Gasteiger partial charge in [0, 0.05) is 17.8 Å². The van der Waals surface area contributed by atoms with Crippen LogP contribution < -0.4 is 0 Å². The van der Waals surface area contributed by atoms with Crippen LogP contribution in [0.25, 0.3) is 5.57 Å². The van der Waals surface area contributed by atoms with Crippen molar-refractivity contribution in [3.8, 4) is 0 Å². The van der Waals surface area contributed by atoms with Crippen LogP contribution in [0.5, 0.6) is 0 Å². The van der Waals surface area contributed by atoms with Crippen LogP contribution in [0.1, 0.15) is 56.6 Å². The van der Waals surface area contributed by atoms with E-state index in [0.29, 0.717) is 5.92 Å². The molecule has 0 unspecified atom stereocenters. The molecule has 0 spiro atoms. The molecule has 1 fully saturated rings. The molecule has 1 aliphatic carbocycles. The Morgan fingerprint density at radius 2 is 1.50 bits per heavy atom. The van der Waals surface area contributed by atoms with Crippen LogP contribution in [0.15, 0.2) is 66.9 Å². The average molecular weight is 406 g/mol. The Balaban J connectivity index is 2.02. The van der Waals surface area contributed by atoms with Crippen molar-refractivity contribution >= 4 is 17.4 Å². The Labute approximate surface area is 179 Å². The molecular formula is C26H31NO3. The molecule has 4 heteroatoms. The zero-order chi connectivity index (χ0) is 21.3. The number of carbonyl (C=O) groups is 2. The third kappa shape index (κ3) is 5.59. The summed E-state index contributed by atoms with van der Waals surface area (Å²) in [5.74, 6) is -0.288. The van der Waals surface area contributed by atoms with Crippen molar-refractivity contribution in [2.75, 3.05) is 7.11 Å². The van der Waals surface area contributed by atoms with Gasteiger partial charge in [-0.2, -0.15) is 0 Å². The van der Waals surface area contributed by atoms with Crippen LogP contribution in [0.2, 0.25) is 0 Å². The molecule has 1 saturated carbocycles. The number of hydrogen-bond donors (Lipinski definition) is 0. The first-order valence-corrected chi connectivity index (χ1v) is 10.8. The number of ether oxygens (including phenoxy) is 1. The Kier molecular flexibility index (Phi) is 7.83. The highest BCUT2D eigenvalue weighted by Crippen LogP contribution is 2.31. The van der Waals surface area contributed by atoms with E-state index in [4.69, 9.17) is 4.74 Å². The van der Waals surface area contributed by atoms with Gasteiger partial charge in [0.15, 0.2) is 0 Å². The van der Waals surface area contributed by atoms with Gasteiger partial charge < -0.3 is 9.64 Å². The van der Waals surface area contributed by atoms with Crippen molar-refractivity contribution in [1.29, 1.82) is 0 Å². The van der Waals surface area contributed by atoms with E-state index in [1.54, 1.807) is 4.90 Å². The van der Waals surface area contributed by atoms with Crippen LogP contribution in [0, 0.1) is 5.92 Å². The quantitative estimate of drug-likeness (QED) is 0.455. The lowest BCUT2D eigenvalue weighted by Gasteiger charge is -2.35. The maximum absolute atomic E-state index is 13.2. The summed E-state index contributed by atoms with van der Waals surface area (Å²) in [4.78, 5) is 26.8. The third-order valence-electron chi connectivity index (χ3n) is 6.02. The van der Waals surface area contributed by atoms with E-state index in [9.17, 15) is 9.59 Å². The van der Waals surface area contributed by atoms with Crippen molar-refractivity contribution in [2.24, 2.45) is 5.92 Å². The SMILES string of the molecule is COC(=O)CC(=O)N(C=C(c1ccccc1)c1ccccc1)[C@@H](C)C1CCCCC1. The van der Waals surface area contributed by atoms with Gasteiger partial charge in [-0.05, 0) is 36.8 Å². The second kappa shape index (κ2) is 10.8. The Bertz CT molecular complexity index is 813. The van der Waals surface area contributed by atoms with Crippen LogP contribution >= 0.6 is 0 Å². The predicted molar refractivity (Wildman–Crippen MR) is 119 cm³/mol. The maximum atomic E-state index is 13.2. The minimum atomic E-state index is -0.504. The van der Waals surface area contributed by atoms with Gasteiger partial charge in [0.25, 0.3) is 0 Å². The molecule has 0 bridgehead atoms. The fourth-order valence-electron chi connectivity index (χ4n) is 4.24. The summed E-state index contributed by atoms with van der Waals surface area (Å²) in [6.07, 6.45) is 7.57. The van der Waals surface area contributed by atoms with Crippen LogP contribution in [0.3, 0.4) is 0 Å². The molecule has 4 nitrogen and oxygen atoms in total. The van der Waals surface area contributed by atoms with E-state index < -0.39 is 5.97 Å². The molecule has 0 heterocycles. The molecule has 1 amide bonds. The smallest absolute Gasteiger partial charge is 0.315 e. The number of methoxy groups -OCH3 is 1. The van der Waals surface area contributed by atoms with E-state index in [-0.39, 0.29) is 18.4 Å². The number of rotatable bonds is 7. The molecule has 30 heavy (non-hydrogen) atoms. The first-order chi connectivity index (χ1) is 14.6. The molecule has 0 aliphatic heterocycles. The van der Waals surface area contributed by atoms with Gasteiger partial charge in [0.05, 0.1) is 7.11 Å². The Morgan fingerprint density at radius 3 is 2.00 bits per heavy atom. The summed E-state index contributed by atoms with van der Waals surface area (Å²) in [5, 5.41) is 0. The van der Waals surface area contributed by atoms with Crippen LogP contribution in [0.4, 0.5) is 0 Å². The molecule has 1 aliphatic rings. The van der Waals surface area contributed by atoms with Gasteiger partial charge in [-0.15, -0.1) is 0 Å². The number of hydrogen-bond acceptors (Lipinski definition) is 3. The maximum Gasteiger partial charge on any atom is 0.315 e. The number of esters is 1. The van der Waals surface area contributed by atoms with Crippen molar-refractivity contribution in [3.05, 3.63) is 78.0 Å². The van der Waals surface area contributed by atoms with Crippen molar-refractivity contribution in [1.82, 2.24) is 4.90 Å². The normalized spacial score (nSPS) is 15.1. The van der Waals surface area contributed by atoms with E-state index in [2.05, 4.69) is 6.92 Å². The van der Waals surface area contributed by atoms with Gasteiger partial charge in [0.1, 0.15) is 6.42 Å². The molecule has 3 rings (SSSR count). The number of amides is 1. The molecule has 2 aromatic carbocycles. The topological polar surface area (TPSA) is 46.6 Å².